The molecule has 3 aromatic rings. The first-order chi connectivity index (χ1) is 14.5. The number of hydrogen-bond acceptors (Lipinski definition) is 3. The third-order valence-electron chi connectivity index (χ3n) is 5.48. The molecule has 4 heteroatoms. The van der Waals surface area contributed by atoms with E-state index in [2.05, 4.69) is 63.6 Å². The summed E-state index contributed by atoms with van der Waals surface area (Å²) in [6.45, 7) is 2.67. The average Bonchev–Trinajstić information content (AvgIpc) is 2.78. The maximum absolute atomic E-state index is 13.1. The number of rotatable bonds is 8. The Morgan fingerprint density at radius 2 is 1.30 bits per heavy atom. The van der Waals surface area contributed by atoms with Gasteiger partial charge in [0, 0.05) is 26.3 Å². The van der Waals surface area contributed by atoms with Gasteiger partial charge in [-0.3, -0.25) is 9.69 Å². The van der Waals surface area contributed by atoms with Crippen molar-refractivity contribution in [2.75, 3.05) is 26.0 Å². The lowest BCUT2D eigenvalue weighted by atomic mass is 9.98. The van der Waals surface area contributed by atoms with Crippen molar-refractivity contribution in [3.63, 3.8) is 0 Å². The number of carbonyl (C=O) groups excluding carboxylic acids is 1. The molecule has 0 radical (unpaired) electrons. The molecule has 3 rings (SSSR count). The number of likely N-dealkylation sites (N-methyl/N-ethyl adjacent to an activating group) is 1. The highest BCUT2D eigenvalue weighted by Crippen LogP contribution is 2.22. The van der Waals surface area contributed by atoms with E-state index in [-0.39, 0.29) is 18.0 Å². The molecule has 0 aromatic heterocycles. The maximum atomic E-state index is 13.1. The molecule has 156 valence electrons. The Labute approximate surface area is 180 Å². The monoisotopic (exact) mass is 401 g/mol. The lowest BCUT2D eigenvalue weighted by molar-refractivity contribution is -0.126. The van der Waals surface area contributed by atoms with Gasteiger partial charge in [0.2, 0.25) is 5.91 Å². The zero-order chi connectivity index (χ0) is 21.5. The van der Waals surface area contributed by atoms with Gasteiger partial charge < -0.3 is 10.2 Å². The van der Waals surface area contributed by atoms with Crippen molar-refractivity contribution in [3.05, 3.63) is 102 Å². The predicted octanol–water partition coefficient (Wildman–Crippen LogP) is 4.48. The van der Waals surface area contributed by atoms with Crippen LogP contribution in [-0.2, 0) is 11.3 Å². The van der Waals surface area contributed by atoms with Gasteiger partial charge in [-0.25, -0.2) is 0 Å². The minimum atomic E-state index is -0.256. The first-order valence-corrected chi connectivity index (χ1v) is 10.3. The minimum absolute atomic E-state index is 0.0140. The van der Waals surface area contributed by atoms with Crippen molar-refractivity contribution < 1.29 is 4.79 Å². The second kappa shape index (κ2) is 10.1. The highest BCUT2D eigenvalue weighted by atomic mass is 16.2. The van der Waals surface area contributed by atoms with Crippen molar-refractivity contribution >= 4 is 11.6 Å². The molecule has 4 nitrogen and oxygen atoms in total. The molecule has 0 saturated carbocycles. The van der Waals surface area contributed by atoms with Gasteiger partial charge in [0.15, 0.2) is 0 Å². The Kier molecular flexibility index (Phi) is 7.26. The third-order valence-corrected chi connectivity index (χ3v) is 5.48. The van der Waals surface area contributed by atoms with E-state index in [4.69, 9.17) is 0 Å². The molecule has 0 fully saturated rings. The van der Waals surface area contributed by atoms with Crippen molar-refractivity contribution in [2.24, 2.45) is 0 Å². The molecule has 0 aliphatic rings. The van der Waals surface area contributed by atoms with Crippen LogP contribution in [0, 0.1) is 0 Å². The smallest absolute Gasteiger partial charge is 0.237 e. The Balaban J connectivity index is 1.70. The summed E-state index contributed by atoms with van der Waals surface area (Å²) in [5.41, 5.74) is 4.50. The molecule has 0 saturated heterocycles. The molecule has 0 bridgehead atoms. The average molecular weight is 402 g/mol. The summed E-state index contributed by atoms with van der Waals surface area (Å²) in [5.74, 6) is 0.0140. The largest absolute Gasteiger partial charge is 0.378 e. The Bertz CT molecular complexity index is 884. The summed E-state index contributed by atoms with van der Waals surface area (Å²) in [7, 11) is 6.05. The van der Waals surface area contributed by atoms with Crippen LogP contribution in [0.2, 0.25) is 0 Å². The summed E-state index contributed by atoms with van der Waals surface area (Å²) in [6.07, 6.45) is 0. The molecule has 1 amide bonds. The number of benzene rings is 3. The van der Waals surface area contributed by atoms with E-state index in [0.717, 1.165) is 11.1 Å². The van der Waals surface area contributed by atoms with Crippen LogP contribution >= 0.6 is 0 Å². The molecule has 0 aliphatic carbocycles. The fraction of sp³-hybridized carbons (Fsp3) is 0.269. The molecule has 30 heavy (non-hydrogen) atoms. The Morgan fingerprint density at radius 3 is 1.77 bits per heavy atom. The molecular formula is C26H31N3O. The van der Waals surface area contributed by atoms with E-state index in [1.165, 1.54) is 11.3 Å². The lowest BCUT2D eigenvalue weighted by Crippen LogP contribution is -2.44. The van der Waals surface area contributed by atoms with E-state index < -0.39 is 0 Å². The van der Waals surface area contributed by atoms with E-state index in [1.807, 2.05) is 64.5 Å². The summed E-state index contributed by atoms with van der Waals surface area (Å²) in [6, 6.07) is 28.2. The van der Waals surface area contributed by atoms with E-state index in [0.29, 0.717) is 6.54 Å². The maximum Gasteiger partial charge on any atom is 0.237 e. The molecule has 1 N–H and O–H groups in total. The van der Waals surface area contributed by atoms with Gasteiger partial charge in [-0.05, 0) is 42.8 Å². The summed E-state index contributed by atoms with van der Waals surface area (Å²) in [5, 5.41) is 3.25. The lowest BCUT2D eigenvalue weighted by Gasteiger charge is -2.27. The van der Waals surface area contributed by atoms with Crippen molar-refractivity contribution in [1.82, 2.24) is 10.2 Å². The minimum Gasteiger partial charge on any atom is -0.378 e. The fourth-order valence-corrected chi connectivity index (χ4v) is 3.44. The summed E-state index contributed by atoms with van der Waals surface area (Å²) < 4.78 is 0. The zero-order valence-corrected chi connectivity index (χ0v) is 18.2. The number of anilines is 1. The number of nitrogens with one attached hydrogen (secondary N) is 1. The number of nitrogens with zero attached hydrogens (tertiary/aromatic N) is 2. The van der Waals surface area contributed by atoms with Crippen molar-refractivity contribution in [2.45, 2.75) is 25.6 Å². The van der Waals surface area contributed by atoms with Gasteiger partial charge in [-0.2, -0.15) is 0 Å². The van der Waals surface area contributed by atoms with Gasteiger partial charge in [0.05, 0.1) is 12.1 Å². The Morgan fingerprint density at radius 1 is 0.800 bits per heavy atom. The fourth-order valence-electron chi connectivity index (χ4n) is 3.44. The van der Waals surface area contributed by atoms with E-state index >= 15 is 0 Å². The molecule has 0 spiro atoms. The molecule has 0 aliphatic heterocycles. The van der Waals surface area contributed by atoms with Crippen LogP contribution in [0.15, 0.2) is 84.9 Å². The van der Waals surface area contributed by atoms with Gasteiger partial charge in [-0.15, -0.1) is 0 Å². The van der Waals surface area contributed by atoms with Crippen molar-refractivity contribution in [1.29, 1.82) is 0 Å². The predicted molar refractivity (Wildman–Crippen MR) is 125 cm³/mol. The Hall–Kier alpha value is -3.11. The number of amides is 1. The molecular weight excluding hydrogens is 370 g/mol. The number of carbonyl (C=O) groups is 1. The standard InChI is InChI=1S/C26H31N3O/c1-20(29(4)19-21-15-17-24(18-16-21)28(2)3)26(30)27-25(22-11-7-5-8-12-22)23-13-9-6-10-14-23/h5-18,20,25H,19H2,1-4H3,(H,27,30)/t20-/m0/s1. The van der Waals surface area contributed by atoms with Crippen molar-refractivity contribution in [3.8, 4) is 0 Å². The quantitative estimate of drug-likeness (QED) is 0.605. The topological polar surface area (TPSA) is 35.6 Å². The second-order valence-corrected chi connectivity index (χ2v) is 7.91. The summed E-state index contributed by atoms with van der Waals surface area (Å²) >= 11 is 0. The second-order valence-electron chi connectivity index (χ2n) is 7.91. The van der Waals surface area contributed by atoms with Crippen LogP contribution in [0.4, 0.5) is 5.69 Å². The van der Waals surface area contributed by atoms with Gasteiger partial charge in [-0.1, -0.05) is 72.8 Å². The first kappa shape index (κ1) is 21.6. The van der Waals surface area contributed by atoms with Crippen LogP contribution in [0.5, 0.6) is 0 Å². The molecule has 3 aromatic carbocycles. The zero-order valence-electron chi connectivity index (χ0n) is 18.2. The highest BCUT2D eigenvalue weighted by molar-refractivity contribution is 5.82. The van der Waals surface area contributed by atoms with Crippen LogP contribution in [0.3, 0.4) is 0 Å². The normalized spacial score (nSPS) is 12.1. The van der Waals surface area contributed by atoms with Crippen LogP contribution in [0.1, 0.15) is 29.7 Å². The SMILES string of the molecule is C[C@@H](C(=O)NC(c1ccccc1)c1ccccc1)N(C)Cc1ccc(N(C)C)cc1. The van der Waals surface area contributed by atoms with Gasteiger partial charge >= 0.3 is 0 Å². The van der Waals surface area contributed by atoms with Crippen LogP contribution < -0.4 is 10.2 Å². The van der Waals surface area contributed by atoms with Gasteiger partial charge in [0.25, 0.3) is 0 Å². The van der Waals surface area contributed by atoms with Gasteiger partial charge in [0.1, 0.15) is 0 Å². The molecule has 1 atom stereocenters. The first-order valence-electron chi connectivity index (χ1n) is 10.3. The van der Waals surface area contributed by atoms with E-state index in [1.54, 1.807) is 0 Å². The highest BCUT2D eigenvalue weighted by Gasteiger charge is 2.23. The molecule has 0 heterocycles. The number of hydrogen-bond donors (Lipinski definition) is 1. The van der Waals surface area contributed by atoms with Crippen LogP contribution in [0.25, 0.3) is 0 Å². The van der Waals surface area contributed by atoms with Crippen LogP contribution in [-0.4, -0.2) is 38.0 Å². The van der Waals surface area contributed by atoms with E-state index in [9.17, 15) is 4.79 Å². The third kappa shape index (κ3) is 5.49. The summed E-state index contributed by atoms with van der Waals surface area (Å²) in [4.78, 5) is 17.3. The molecule has 0 unspecified atom stereocenters.